The summed E-state index contributed by atoms with van der Waals surface area (Å²) < 4.78 is 1.69. The number of nitrogens with zero attached hydrogens (tertiary/aromatic N) is 3. The highest BCUT2D eigenvalue weighted by Gasteiger charge is 2.25. The Hall–Kier alpha value is -0.830. The first-order chi connectivity index (χ1) is 9.51. The predicted octanol–water partition coefficient (Wildman–Crippen LogP) is 1.35. The maximum Gasteiger partial charge on any atom is 0.191 e. The van der Waals surface area contributed by atoms with Gasteiger partial charge in [0.05, 0.1) is 12.7 Å². The number of hydrogen-bond donors (Lipinski definition) is 3. The number of aryl methyl sites for hydroxylation is 1. The van der Waals surface area contributed by atoms with Crippen LogP contribution in [-0.4, -0.2) is 40.0 Å². The van der Waals surface area contributed by atoms with Crippen LogP contribution in [0.3, 0.4) is 0 Å². The molecule has 1 saturated carbocycles. The SMILES string of the molecule is CCNC(=NCC(C)(O)c1cnn(C)c1)NC1CCC1.I. The molecule has 1 aromatic rings. The van der Waals surface area contributed by atoms with E-state index >= 15 is 0 Å². The van der Waals surface area contributed by atoms with Crippen molar-refractivity contribution in [1.82, 2.24) is 20.4 Å². The Bertz CT molecular complexity index is 468. The van der Waals surface area contributed by atoms with Crippen LogP contribution in [0.5, 0.6) is 0 Å². The molecule has 6 nitrogen and oxygen atoms in total. The van der Waals surface area contributed by atoms with E-state index in [1.165, 1.54) is 19.3 Å². The topological polar surface area (TPSA) is 74.5 Å². The lowest BCUT2D eigenvalue weighted by atomic mass is 9.93. The Labute approximate surface area is 143 Å². The Balaban J connectivity index is 0.00000220. The molecule has 1 atom stereocenters. The normalized spacial score (nSPS) is 18.4. The standard InChI is InChI=1S/C14H25N5O.HI/c1-4-15-13(18-12-6-5-7-12)16-10-14(2,20)11-8-17-19(3)9-11;/h8-9,12,20H,4-7,10H2,1-3H3,(H2,15,16,18);1H. The van der Waals surface area contributed by atoms with Gasteiger partial charge >= 0.3 is 0 Å². The minimum atomic E-state index is -1.00. The number of aliphatic hydroxyl groups is 1. The van der Waals surface area contributed by atoms with E-state index in [1.54, 1.807) is 17.8 Å². The molecule has 0 bridgehead atoms. The van der Waals surface area contributed by atoms with Crippen LogP contribution < -0.4 is 10.6 Å². The largest absolute Gasteiger partial charge is 0.383 e. The third kappa shape index (κ3) is 5.14. The zero-order chi connectivity index (χ0) is 14.6. The highest BCUT2D eigenvalue weighted by atomic mass is 127. The monoisotopic (exact) mass is 407 g/mol. The minimum Gasteiger partial charge on any atom is -0.383 e. The fraction of sp³-hybridized carbons (Fsp3) is 0.714. The highest BCUT2D eigenvalue weighted by molar-refractivity contribution is 14.0. The van der Waals surface area contributed by atoms with Crippen LogP contribution >= 0.6 is 24.0 Å². The molecular formula is C14H26IN5O. The van der Waals surface area contributed by atoms with Gasteiger partial charge in [-0.15, -0.1) is 24.0 Å². The number of guanidine groups is 1. The van der Waals surface area contributed by atoms with E-state index in [2.05, 4.69) is 20.7 Å². The Kier molecular flexibility index (Phi) is 6.92. The molecule has 0 saturated heterocycles. The molecule has 7 heteroatoms. The van der Waals surface area contributed by atoms with Crippen molar-refractivity contribution >= 4 is 29.9 Å². The summed E-state index contributed by atoms with van der Waals surface area (Å²) in [4.78, 5) is 4.50. The molecule has 2 rings (SSSR count). The third-order valence-electron chi connectivity index (χ3n) is 3.66. The molecular weight excluding hydrogens is 381 g/mol. The van der Waals surface area contributed by atoms with Crippen molar-refractivity contribution in [3.05, 3.63) is 18.0 Å². The van der Waals surface area contributed by atoms with E-state index in [1.807, 2.05) is 20.2 Å². The van der Waals surface area contributed by atoms with Crippen LogP contribution in [0, 0.1) is 0 Å². The van der Waals surface area contributed by atoms with Gasteiger partial charge in [0, 0.05) is 31.4 Å². The first-order valence-corrected chi connectivity index (χ1v) is 7.27. The first kappa shape index (κ1) is 18.2. The van der Waals surface area contributed by atoms with Crippen LogP contribution in [0.25, 0.3) is 0 Å². The van der Waals surface area contributed by atoms with Crippen LogP contribution in [0.15, 0.2) is 17.4 Å². The average Bonchev–Trinajstić information content (AvgIpc) is 2.78. The lowest BCUT2D eigenvalue weighted by Gasteiger charge is -2.29. The van der Waals surface area contributed by atoms with Gasteiger partial charge in [0.15, 0.2) is 5.96 Å². The van der Waals surface area contributed by atoms with Crippen molar-refractivity contribution in [2.24, 2.45) is 12.0 Å². The van der Waals surface area contributed by atoms with Crippen molar-refractivity contribution < 1.29 is 5.11 Å². The van der Waals surface area contributed by atoms with Gasteiger partial charge in [-0.1, -0.05) is 0 Å². The lowest BCUT2D eigenvalue weighted by Crippen LogP contribution is -2.46. The molecule has 21 heavy (non-hydrogen) atoms. The summed E-state index contributed by atoms with van der Waals surface area (Å²) in [6, 6.07) is 0.524. The third-order valence-corrected chi connectivity index (χ3v) is 3.66. The van der Waals surface area contributed by atoms with Gasteiger partial charge in [0.1, 0.15) is 5.60 Å². The van der Waals surface area contributed by atoms with E-state index in [0.29, 0.717) is 12.6 Å². The van der Waals surface area contributed by atoms with Crippen molar-refractivity contribution in [3.63, 3.8) is 0 Å². The van der Waals surface area contributed by atoms with E-state index in [9.17, 15) is 5.11 Å². The molecule has 1 aromatic heterocycles. The molecule has 0 amide bonds. The molecule has 1 heterocycles. The maximum absolute atomic E-state index is 10.5. The molecule has 1 fully saturated rings. The number of aromatic nitrogens is 2. The van der Waals surface area contributed by atoms with Gasteiger partial charge in [0.2, 0.25) is 0 Å². The number of nitrogens with one attached hydrogen (secondary N) is 2. The zero-order valence-corrected chi connectivity index (χ0v) is 15.3. The number of hydrogen-bond acceptors (Lipinski definition) is 3. The summed E-state index contributed by atoms with van der Waals surface area (Å²) in [5.74, 6) is 0.779. The quantitative estimate of drug-likeness (QED) is 0.392. The van der Waals surface area contributed by atoms with E-state index in [4.69, 9.17) is 0 Å². The molecule has 3 N–H and O–H groups in total. The zero-order valence-electron chi connectivity index (χ0n) is 13.0. The van der Waals surface area contributed by atoms with Crippen LogP contribution in [0.2, 0.25) is 0 Å². The van der Waals surface area contributed by atoms with Crippen LogP contribution in [0.1, 0.15) is 38.7 Å². The first-order valence-electron chi connectivity index (χ1n) is 7.27. The summed E-state index contributed by atoms with van der Waals surface area (Å²) in [7, 11) is 1.84. The lowest BCUT2D eigenvalue weighted by molar-refractivity contribution is 0.0671. The molecule has 1 unspecified atom stereocenters. The minimum absolute atomic E-state index is 0. The summed E-state index contributed by atoms with van der Waals surface area (Å²) in [5.41, 5.74) is -0.223. The summed E-state index contributed by atoms with van der Waals surface area (Å²) in [5, 5.41) is 21.2. The second-order valence-electron chi connectivity index (χ2n) is 5.64. The summed E-state index contributed by atoms with van der Waals surface area (Å²) in [6.07, 6.45) is 7.18. The summed E-state index contributed by atoms with van der Waals surface area (Å²) in [6.45, 7) is 4.92. The second kappa shape index (κ2) is 7.98. The fourth-order valence-corrected chi connectivity index (χ4v) is 2.09. The van der Waals surface area contributed by atoms with Gasteiger partial charge in [-0.3, -0.25) is 4.68 Å². The number of rotatable bonds is 5. The molecule has 120 valence electrons. The number of aliphatic imine (C=N–C) groups is 1. The van der Waals surface area contributed by atoms with Crippen molar-refractivity contribution in [2.75, 3.05) is 13.1 Å². The van der Waals surface area contributed by atoms with Gasteiger partial charge < -0.3 is 15.7 Å². The van der Waals surface area contributed by atoms with Gasteiger partial charge in [-0.25, -0.2) is 4.99 Å². The molecule has 1 aliphatic rings. The van der Waals surface area contributed by atoms with Gasteiger partial charge in [-0.05, 0) is 33.1 Å². The van der Waals surface area contributed by atoms with Crippen molar-refractivity contribution in [3.8, 4) is 0 Å². The average molecular weight is 407 g/mol. The predicted molar refractivity (Wildman–Crippen MR) is 94.9 cm³/mol. The Morgan fingerprint density at radius 1 is 1.57 bits per heavy atom. The molecule has 0 radical (unpaired) electrons. The smallest absolute Gasteiger partial charge is 0.191 e. The molecule has 1 aliphatic carbocycles. The Morgan fingerprint density at radius 2 is 2.29 bits per heavy atom. The van der Waals surface area contributed by atoms with Gasteiger partial charge in [0.25, 0.3) is 0 Å². The van der Waals surface area contributed by atoms with E-state index in [0.717, 1.165) is 18.1 Å². The molecule has 0 aliphatic heterocycles. The molecule has 0 spiro atoms. The van der Waals surface area contributed by atoms with Crippen LogP contribution in [-0.2, 0) is 12.6 Å². The summed E-state index contributed by atoms with van der Waals surface area (Å²) >= 11 is 0. The van der Waals surface area contributed by atoms with Crippen molar-refractivity contribution in [2.45, 2.75) is 44.8 Å². The van der Waals surface area contributed by atoms with Gasteiger partial charge in [-0.2, -0.15) is 5.10 Å². The maximum atomic E-state index is 10.5. The fourth-order valence-electron chi connectivity index (χ4n) is 2.09. The van der Waals surface area contributed by atoms with Crippen LogP contribution in [0.4, 0.5) is 0 Å². The molecule has 0 aromatic carbocycles. The second-order valence-corrected chi connectivity index (χ2v) is 5.64. The van der Waals surface area contributed by atoms with E-state index in [-0.39, 0.29) is 24.0 Å². The van der Waals surface area contributed by atoms with E-state index < -0.39 is 5.60 Å². The van der Waals surface area contributed by atoms with Crippen molar-refractivity contribution in [1.29, 1.82) is 0 Å². The highest BCUT2D eigenvalue weighted by Crippen LogP contribution is 2.20. The Morgan fingerprint density at radius 3 is 2.76 bits per heavy atom. The number of halogens is 1.